The summed E-state index contributed by atoms with van der Waals surface area (Å²) in [4.78, 5) is 0. The minimum atomic E-state index is 0.275. The van der Waals surface area contributed by atoms with Crippen molar-refractivity contribution in [1.82, 2.24) is 0 Å². The predicted octanol–water partition coefficient (Wildman–Crippen LogP) is 4.18. The maximum Gasteiger partial charge on any atom is 0.0656 e. The molecule has 0 aromatic carbocycles. The molecule has 0 saturated heterocycles. The summed E-state index contributed by atoms with van der Waals surface area (Å²) >= 11 is 4.17. The lowest BCUT2D eigenvalue weighted by Gasteiger charge is -2.30. The van der Waals surface area contributed by atoms with Crippen molar-refractivity contribution < 1.29 is 0 Å². The zero-order valence-electron chi connectivity index (χ0n) is 9.08. The van der Waals surface area contributed by atoms with Crippen molar-refractivity contribution in [3.63, 3.8) is 0 Å². The average Bonchev–Trinajstić information content (AvgIpc) is 2.65. The molecule has 1 aromatic heterocycles. The zero-order valence-corrected chi connectivity index (χ0v) is 12.1. The van der Waals surface area contributed by atoms with Crippen LogP contribution in [0.25, 0.3) is 0 Å². The Morgan fingerprint density at radius 1 is 1.40 bits per heavy atom. The summed E-state index contributed by atoms with van der Waals surface area (Å²) in [6.45, 7) is 2.36. The Bertz CT molecular complexity index is 315. The smallest absolute Gasteiger partial charge is 0.0656 e. The Hall–Kier alpha value is 0.390. The third kappa shape index (κ3) is 2.94. The molecule has 0 bridgehead atoms. The summed E-state index contributed by atoms with van der Waals surface area (Å²) in [6, 6.07) is 2.52. The first-order valence-corrected chi connectivity index (χ1v) is 7.62. The second-order valence-electron chi connectivity index (χ2n) is 4.73. The second kappa shape index (κ2) is 5.15. The van der Waals surface area contributed by atoms with Crippen molar-refractivity contribution in [2.24, 2.45) is 17.6 Å². The first-order chi connectivity index (χ1) is 7.16. The van der Waals surface area contributed by atoms with Gasteiger partial charge in [-0.05, 0) is 64.3 Å². The van der Waals surface area contributed by atoms with Crippen molar-refractivity contribution in [2.45, 2.75) is 38.6 Å². The van der Waals surface area contributed by atoms with E-state index < -0.39 is 0 Å². The maximum absolute atomic E-state index is 6.33. The summed E-state index contributed by atoms with van der Waals surface area (Å²) in [7, 11) is 0. The van der Waals surface area contributed by atoms with Gasteiger partial charge in [0, 0.05) is 6.04 Å². The van der Waals surface area contributed by atoms with E-state index in [9.17, 15) is 0 Å². The van der Waals surface area contributed by atoms with Gasteiger partial charge in [-0.25, -0.2) is 0 Å². The highest BCUT2D eigenvalue weighted by atomic mass is 127. The number of hydrogen-bond donors (Lipinski definition) is 1. The third-order valence-corrected chi connectivity index (χ3v) is 5.35. The van der Waals surface area contributed by atoms with Gasteiger partial charge in [-0.15, -0.1) is 11.3 Å². The van der Waals surface area contributed by atoms with E-state index in [1.54, 1.807) is 11.3 Å². The van der Waals surface area contributed by atoms with Gasteiger partial charge in [0.25, 0.3) is 0 Å². The normalized spacial score (nSPS) is 29.0. The summed E-state index contributed by atoms with van der Waals surface area (Å²) in [5.74, 6) is 1.63. The van der Waals surface area contributed by atoms with E-state index in [-0.39, 0.29) is 6.04 Å². The maximum atomic E-state index is 6.33. The van der Waals surface area contributed by atoms with E-state index in [4.69, 9.17) is 5.73 Å². The Kier molecular flexibility index (Phi) is 4.07. The summed E-state index contributed by atoms with van der Waals surface area (Å²) in [5, 5.41) is 2.23. The quantitative estimate of drug-likeness (QED) is 0.806. The van der Waals surface area contributed by atoms with Crippen molar-refractivity contribution in [3.8, 4) is 0 Å². The van der Waals surface area contributed by atoms with Crippen LogP contribution in [-0.4, -0.2) is 0 Å². The number of hydrogen-bond acceptors (Lipinski definition) is 2. The molecule has 2 N–H and O–H groups in total. The second-order valence-corrected chi connectivity index (χ2v) is 7.54. The molecule has 1 aliphatic carbocycles. The monoisotopic (exact) mass is 335 g/mol. The molecule has 0 radical (unpaired) electrons. The van der Waals surface area contributed by atoms with Crippen molar-refractivity contribution in [2.75, 3.05) is 0 Å². The molecule has 1 atom stereocenters. The van der Waals surface area contributed by atoms with Gasteiger partial charge >= 0.3 is 0 Å². The summed E-state index contributed by atoms with van der Waals surface area (Å²) < 4.78 is 1.35. The van der Waals surface area contributed by atoms with Gasteiger partial charge in [0.05, 0.1) is 2.88 Å². The highest BCUT2D eigenvalue weighted by Gasteiger charge is 2.24. The summed E-state index contributed by atoms with van der Waals surface area (Å²) in [5.41, 5.74) is 7.68. The Morgan fingerprint density at radius 2 is 2.07 bits per heavy atom. The van der Waals surface area contributed by atoms with Crippen LogP contribution in [0.4, 0.5) is 0 Å². The minimum Gasteiger partial charge on any atom is -0.324 e. The minimum absolute atomic E-state index is 0.275. The number of nitrogens with two attached hydrogens (primary N) is 1. The molecule has 1 fully saturated rings. The van der Waals surface area contributed by atoms with Crippen molar-refractivity contribution >= 4 is 33.9 Å². The fraction of sp³-hybridized carbons (Fsp3) is 0.667. The fourth-order valence-corrected chi connectivity index (χ4v) is 3.83. The Balaban J connectivity index is 1.99. The van der Waals surface area contributed by atoms with Gasteiger partial charge in [-0.1, -0.05) is 19.8 Å². The summed E-state index contributed by atoms with van der Waals surface area (Å²) in [6.07, 6.45) is 5.35. The lowest BCUT2D eigenvalue weighted by atomic mass is 9.78. The van der Waals surface area contributed by atoms with Gasteiger partial charge in [-0.2, -0.15) is 0 Å². The molecule has 1 aromatic rings. The number of rotatable bonds is 2. The largest absolute Gasteiger partial charge is 0.324 e. The molecule has 1 aliphatic rings. The molecule has 1 unspecified atom stereocenters. The van der Waals surface area contributed by atoms with Crippen LogP contribution in [0.3, 0.4) is 0 Å². The van der Waals surface area contributed by atoms with Gasteiger partial charge in [-0.3, -0.25) is 0 Å². The molecule has 1 nitrogen and oxygen atoms in total. The van der Waals surface area contributed by atoms with Gasteiger partial charge in [0.2, 0.25) is 0 Å². The SMILES string of the molecule is CC1CCC(C(N)c2csc(I)c2)CC1. The van der Waals surface area contributed by atoms with Crippen LogP contribution >= 0.6 is 33.9 Å². The molecular weight excluding hydrogens is 317 g/mol. The van der Waals surface area contributed by atoms with Crippen LogP contribution in [0.1, 0.15) is 44.2 Å². The number of halogens is 1. The molecule has 1 saturated carbocycles. The third-order valence-electron chi connectivity index (χ3n) is 3.54. The molecule has 0 spiro atoms. The van der Waals surface area contributed by atoms with Crippen LogP contribution < -0.4 is 5.73 Å². The first-order valence-electron chi connectivity index (χ1n) is 5.66. The van der Waals surface area contributed by atoms with E-state index in [0.29, 0.717) is 5.92 Å². The molecule has 3 heteroatoms. The molecule has 15 heavy (non-hydrogen) atoms. The van der Waals surface area contributed by atoms with Crippen molar-refractivity contribution in [1.29, 1.82) is 0 Å². The van der Waals surface area contributed by atoms with E-state index in [1.165, 1.54) is 34.1 Å². The van der Waals surface area contributed by atoms with Crippen LogP contribution in [0.15, 0.2) is 11.4 Å². The average molecular weight is 335 g/mol. The topological polar surface area (TPSA) is 26.0 Å². The lowest BCUT2D eigenvalue weighted by Crippen LogP contribution is -2.25. The van der Waals surface area contributed by atoms with Gasteiger partial charge in [0.1, 0.15) is 0 Å². The van der Waals surface area contributed by atoms with Crippen molar-refractivity contribution in [3.05, 3.63) is 19.9 Å². The highest BCUT2D eigenvalue weighted by molar-refractivity contribution is 14.1. The molecule has 2 rings (SSSR count). The number of thiophene rings is 1. The Morgan fingerprint density at radius 3 is 2.60 bits per heavy atom. The van der Waals surface area contributed by atoms with Crippen LogP contribution in [0.2, 0.25) is 0 Å². The van der Waals surface area contributed by atoms with Gasteiger partial charge in [0.15, 0.2) is 0 Å². The fourth-order valence-electron chi connectivity index (χ4n) is 2.42. The van der Waals surface area contributed by atoms with Crippen LogP contribution in [0, 0.1) is 14.7 Å². The molecule has 0 amide bonds. The molecule has 0 aliphatic heterocycles. The molecule has 84 valence electrons. The van der Waals surface area contributed by atoms with Crippen LogP contribution in [-0.2, 0) is 0 Å². The van der Waals surface area contributed by atoms with E-state index in [2.05, 4.69) is 41.0 Å². The Labute approximate surface area is 110 Å². The van der Waals surface area contributed by atoms with E-state index in [0.717, 1.165) is 5.92 Å². The standard InChI is InChI=1S/C12H18INS/c1-8-2-4-9(5-3-8)12(14)10-6-11(13)15-7-10/h6-9,12H,2-5,14H2,1H3. The van der Waals surface area contributed by atoms with E-state index >= 15 is 0 Å². The highest BCUT2D eigenvalue weighted by Crippen LogP contribution is 2.36. The van der Waals surface area contributed by atoms with Gasteiger partial charge < -0.3 is 5.73 Å². The lowest BCUT2D eigenvalue weighted by molar-refractivity contribution is 0.256. The van der Waals surface area contributed by atoms with Crippen LogP contribution in [0.5, 0.6) is 0 Å². The van der Waals surface area contributed by atoms with E-state index in [1.807, 2.05) is 0 Å². The first kappa shape index (κ1) is 11.9. The molecular formula is C12H18INS. The molecule has 1 heterocycles. The zero-order chi connectivity index (χ0) is 10.8. The predicted molar refractivity (Wildman–Crippen MR) is 75.1 cm³/mol.